The highest BCUT2D eigenvalue weighted by Crippen LogP contribution is 2.51. The number of benzene rings is 2. The highest BCUT2D eigenvalue weighted by Gasteiger charge is 2.48. The Morgan fingerprint density at radius 2 is 1.42 bits per heavy atom. The quantitative estimate of drug-likeness (QED) is 0.0548. The number of carbonyl (C=O) groups excluding carboxylic acids is 3. The number of anilines is 1. The van der Waals surface area contributed by atoms with Gasteiger partial charge < -0.3 is 28.1 Å². The molecule has 2 amide bonds. The van der Waals surface area contributed by atoms with Crippen LogP contribution in [-0.4, -0.2) is 123 Å². The molecule has 2 aromatic carbocycles. The van der Waals surface area contributed by atoms with Crippen LogP contribution in [0.25, 0.3) is 0 Å². The van der Waals surface area contributed by atoms with E-state index in [1.54, 1.807) is 47.9 Å². The molecule has 0 aliphatic carbocycles. The van der Waals surface area contributed by atoms with E-state index < -0.39 is 90.4 Å². The van der Waals surface area contributed by atoms with Gasteiger partial charge >= 0.3 is 5.97 Å². The molecule has 24 heteroatoms. The van der Waals surface area contributed by atoms with E-state index in [0.717, 1.165) is 6.07 Å². The maximum absolute atomic E-state index is 12.4. The fourth-order valence-corrected chi connectivity index (χ4v) is 10.6. The Kier molecular flexibility index (Phi) is 16.4. The van der Waals surface area contributed by atoms with Gasteiger partial charge in [-0.3, -0.25) is 14.1 Å². The predicted octanol–water partition coefficient (Wildman–Crippen LogP) is 3.43. The van der Waals surface area contributed by atoms with Crippen molar-refractivity contribution in [3.63, 3.8) is 0 Å². The fraction of sp³-hybridized carbons (Fsp3) is 0.476. The molecule has 0 bridgehead atoms. The summed E-state index contributed by atoms with van der Waals surface area (Å²) in [7, 11) is -17.4. The van der Waals surface area contributed by atoms with Gasteiger partial charge in [-0.1, -0.05) is 24.6 Å². The van der Waals surface area contributed by atoms with Crippen molar-refractivity contribution in [2.24, 2.45) is 0 Å². The van der Waals surface area contributed by atoms with Crippen LogP contribution in [0.15, 0.2) is 82.3 Å². The Labute approximate surface area is 384 Å². The van der Waals surface area contributed by atoms with Crippen LogP contribution in [0.3, 0.4) is 0 Å². The van der Waals surface area contributed by atoms with Gasteiger partial charge in [0.2, 0.25) is 5.69 Å². The molecule has 0 spiro atoms. The summed E-state index contributed by atoms with van der Waals surface area (Å²) in [6.07, 6.45) is 9.65. The summed E-state index contributed by atoms with van der Waals surface area (Å²) in [5.41, 5.74) is 0.852. The third kappa shape index (κ3) is 12.7. The molecular weight excluding hydrogens is 947 g/mol. The lowest BCUT2D eigenvalue weighted by atomic mass is 9.76. The first-order valence-corrected chi connectivity index (χ1v) is 26.8. The van der Waals surface area contributed by atoms with Gasteiger partial charge in [-0.2, -0.15) is 13.0 Å². The zero-order valence-corrected chi connectivity index (χ0v) is 39.7. The van der Waals surface area contributed by atoms with Gasteiger partial charge in [0, 0.05) is 86.2 Å². The van der Waals surface area contributed by atoms with Gasteiger partial charge in [0.15, 0.2) is 5.71 Å². The number of methoxy groups -OCH3 is 1. The van der Waals surface area contributed by atoms with Crippen molar-refractivity contribution in [2.45, 2.75) is 98.7 Å². The first-order chi connectivity index (χ1) is 30.7. The summed E-state index contributed by atoms with van der Waals surface area (Å²) < 4.78 is 148. The molecule has 3 aliphatic heterocycles. The van der Waals surface area contributed by atoms with Crippen molar-refractivity contribution in [2.75, 3.05) is 43.2 Å². The van der Waals surface area contributed by atoms with Crippen LogP contribution in [0.2, 0.25) is 0 Å². The molecule has 66 heavy (non-hydrogen) atoms. The summed E-state index contributed by atoms with van der Waals surface area (Å²) in [6, 6.07) is 7.75. The lowest BCUT2D eigenvalue weighted by molar-refractivity contribution is -0.437. The van der Waals surface area contributed by atoms with Crippen molar-refractivity contribution in [1.82, 2.24) is 5.06 Å². The molecule has 2 atom stereocenters. The number of hydrogen-bond donors (Lipinski definition) is 1. The summed E-state index contributed by atoms with van der Waals surface area (Å²) in [6.45, 7) is 4.11. The number of ether oxygens (including phenoxy) is 1. The van der Waals surface area contributed by atoms with Crippen LogP contribution in [0, 0.1) is 0 Å². The second-order valence-corrected chi connectivity index (χ2v) is 22.4. The van der Waals surface area contributed by atoms with Gasteiger partial charge in [-0.05, 0) is 87.9 Å². The van der Waals surface area contributed by atoms with E-state index >= 15 is 0 Å². The predicted molar refractivity (Wildman–Crippen MR) is 234 cm³/mol. The zero-order chi connectivity index (χ0) is 48.9. The van der Waals surface area contributed by atoms with Crippen LogP contribution < -0.4 is 4.90 Å². The number of nitrogens with zero attached hydrogens (tertiary/aromatic N) is 3. The number of fused-ring (bicyclic) bond motifs is 2. The van der Waals surface area contributed by atoms with Crippen LogP contribution in [0.1, 0.15) is 89.2 Å². The number of imide groups is 1. The van der Waals surface area contributed by atoms with Gasteiger partial charge in [-0.25, -0.2) is 30.0 Å². The van der Waals surface area contributed by atoms with E-state index in [1.807, 2.05) is 11.8 Å². The maximum atomic E-state index is 12.4. The number of carbonyl (C=O) groups is 3. The number of hydroxylamine groups is 2. The highest BCUT2D eigenvalue weighted by molar-refractivity contribution is 7.86. The van der Waals surface area contributed by atoms with Crippen molar-refractivity contribution >= 4 is 75.3 Å². The number of hydrogen-bond acceptors (Lipinski definition) is 17. The zero-order valence-electron chi connectivity index (χ0n) is 36.4. The Bertz CT molecular complexity index is 2800. The summed E-state index contributed by atoms with van der Waals surface area (Å²) in [4.78, 5) is 42.1. The number of allylic oxidation sites excluding steroid dienone is 6. The maximum Gasteiger partial charge on any atom is 0.333 e. The molecule has 1 N–H and O–H groups in total. The van der Waals surface area contributed by atoms with Crippen molar-refractivity contribution in [1.29, 1.82) is 0 Å². The lowest BCUT2D eigenvalue weighted by Crippen LogP contribution is -2.32. The van der Waals surface area contributed by atoms with Gasteiger partial charge in [0.25, 0.3) is 21.9 Å². The fourth-order valence-electron chi connectivity index (χ4n) is 8.57. The first kappa shape index (κ1) is 52.3. The molecule has 3 aliphatic rings. The van der Waals surface area contributed by atoms with E-state index in [1.165, 1.54) is 31.4 Å². The summed E-state index contributed by atoms with van der Waals surface area (Å²) in [5.74, 6) is -3.29. The van der Waals surface area contributed by atoms with Crippen LogP contribution in [0.5, 0.6) is 0 Å². The first-order valence-electron chi connectivity index (χ1n) is 20.8. The molecule has 5 rings (SSSR count). The van der Waals surface area contributed by atoms with Crippen molar-refractivity contribution in [3.05, 3.63) is 83.6 Å². The van der Waals surface area contributed by atoms with E-state index in [-0.39, 0.29) is 51.7 Å². The van der Waals surface area contributed by atoms with Gasteiger partial charge in [0.1, 0.15) is 26.8 Å². The third-order valence-electron chi connectivity index (χ3n) is 11.8. The molecule has 1 fully saturated rings. The van der Waals surface area contributed by atoms with Crippen molar-refractivity contribution < 1.29 is 80.4 Å². The van der Waals surface area contributed by atoms with Crippen molar-refractivity contribution in [3.8, 4) is 0 Å². The minimum Gasteiger partial charge on any atom is -0.748 e. The number of unbranched alkanes of at least 4 members (excludes halogenated alkanes) is 2. The molecule has 3 heterocycles. The molecule has 0 saturated carbocycles. The monoisotopic (exact) mass is 997 g/mol. The molecule has 2 unspecified atom stereocenters. The van der Waals surface area contributed by atoms with Crippen LogP contribution >= 0.6 is 0 Å². The van der Waals surface area contributed by atoms with E-state index in [0.29, 0.717) is 71.2 Å². The summed E-state index contributed by atoms with van der Waals surface area (Å²) in [5, 5.41) is 0.486. The molecular formula is C42H51N3O17S4-2. The molecule has 20 nitrogen and oxygen atoms in total. The number of amides is 2. The van der Waals surface area contributed by atoms with Crippen LogP contribution in [0.4, 0.5) is 11.4 Å². The number of rotatable bonds is 23. The van der Waals surface area contributed by atoms with Gasteiger partial charge in [-0.15, -0.1) is 5.06 Å². The molecule has 0 aromatic heterocycles. The largest absolute Gasteiger partial charge is 0.748 e. The molecule has 0 radical (unpaired) electrons. The average Bonchev–Trinajstić information content (AvgIpc) is 3.74. The standard InChI is InChI=1S/C42H53N3O17S4/c1-41(21-10-26-63(49,50)51)32-28-30(65(55,56)57)15-17-34(32)44(24-11-27-64(52,53)54)36(41)12-6-4-7-13-37-42(2,22-25-61-3)33-29-31(66(58,59)60)16-18-35(33)43(37)23-9-5-8-14-40(48)62-45-38(46)19-20-39(45)47/h4,6-7,12-13,15-18,28-29H,5,8-11,14,19-27H2,1-3H3,(H3-,49,50,51,52,53,54,55,56,57,58,59,60)/p-2. The third-order valence-corrected chi connectivity index (χ3v) is 15.1. The Morgan fingerprint density at radius 3 is 2.03 bits per heavy atom. The minimum absolute atomic E-state index is 0.0167. The van der Waals surface area contributed by atoms with Gasteiger partial charge in [0.05, 0.1) is 31.1 Å². The van der Waals surface area contributed by atoms with E-state index in [2.05, 4.69) is 0 Å². The Balaban J connectivity index is 1.50. The SMILES string of the molecule is COCCC1(C)C(=CC=CC=CC2=[N+](CCCS(=O)(=O)O)c3ccc(S(=O)(=O)[O-])cc3C2(C)CCCS(=O)(=O)[O-])N(CCCCCC(=O)ON2C(=O)CCC2=O)c2ccc(S(=O)(=O)[O-])cc21. The Hall–Kier alpha value is -4.66. The molecule has 362 valence electrons. The van der Waals surface area contributed by atoms with Crippen LogP contribution in [-0.2, 0) is 75.3 Å². The Morgan fingerprint density at radius 1 is 0.788 bits per heavy atom. The normalized spacial score (nSPS) is 21.0. The topological polar surface area (TPSA) is 305 Å². The lowest BCUT2D eigenvalue weighted by Gasteiger charge is -2.30. The smallest absolute Gasteiger partial charge is 0.333 e. The minimum atomic E-state index is -4.96. The summed E-state index contributed by atoms with van der Waals surface area (Å²) >= 11 is 0. The second kappa shape index (κ2) is 20.7. The second-order valence-electron chi connectivity index (χ2n) is 16.5. The molecule has 1 saturated heterocycles. The van der Waals surface area contributed by atoms with E-state index in [4.69, 9.17) is 9.57 Å². The van der Waals surface area contributed by atoms with E-state index in [9.17, 15) is 66.3 Å². The molecule has 2 aromatic rings. The highest BCUT2D eigenvalue weighted by atomic mass is 32.2. The average molecular weight is 998 g/mol.